The molecule has 2 N–H and O–H groups in total. The number of hydrogen-bond donors (Lipinski definition) is 2. The number of carbonyl (C=O) groups excluding carboxylic acids is 3. The molecule has 1 saturated heterocycles. The minimum Gasteiger partial charge on any atom is -0.493 e. The van der Waals surface area contributed by atoms with E-state index in [0.29, 0.717) is 58.7 Å². The second kappa shape index (κ2) is 17.7. The molecular formula is C38H48N4O8S. The topological polar surface area (TPSA) is 146 Å². The summed E-state index contributed by atoms with van der Waals surface area (Å²) in [6, 6.07) is 20.1. The normalized spacial score (nSPS) is 14.9. The first-order valence-electron chi connectivity index (χ1n) is 17.5. The van der Waals surface area contributed by atoms with Gasteiger partial charge in [-0.2, -0.15) is 8.42 Å². The maximum absolute atomic E-state index is 13.4. The fourth-order valence-electron chi connectivity index (χ4n) is 6.46. The number of aryl methyl sites for hydroxylation is 1. The fraction of sp³-hybridized carbons (Fsp3) is 0.447. The highest BCUT2D eigenvalue weighted by Crippen LogP contribution is 2.36. The number of piperazine rings is 1. The molecule has 0 radical (unpaired) electrons. The van der Waals surface area contributed by atoms with Crippen LogP contribution in [0.2, 0.25) is 0 Å². The fourth-order valence-corrected chi connectivity index (χ4v) is 6.82. The zero-order valence-corrected chi connectivity index (χ0v) is 30.3. The summed E-state index contributed by atoms with van der Waals surface area (Å²) >= 11 is 0. The minimum absolute atomic E-state index is 0.0958. The molecule has 0 saturated carbocycles. The second-order valence-electron chi connectivity index (χ2n) is 13.1. The van der Waals surface area contributed by atoms with Gasteiger partial charge < -0.3 is 24.6 Å². The molecule has 2 aliphatic heterocycles. The van der Waals surface area contributed by atoms with Crippen molar-refractivity contribution in [3.05, 3.63) is 82.9 Å². The van der Waals surface area contributed by atoms with E-state index >= 15 is 0 Å². The predicted molar refractivity (Wildman–Crippen MR) is 195 cm³/mol. The van der Waals surface area contributed by atoms with E-state index in [4.69, 9.17) is 14.0 Å². The largest absolute Gasteiger partial charge is 0.493 e. The van der Waals surface area contributed by atoms with Gasteiger partial charge in [-0.15, -0.1) is 0 Å². The zero-order valence-electron chi connectivity index (χ0n) is 29.4. The quantitative estimate of drug-likeness (QED) is 0.178. The summed E-state index contributed by atoms with van der Waals surface area (Å²) in [5.74, 6) is 0.141. The Balaban J connectivity index is 1.10. The Morgan fingerprint density at radius 3 is 2.47 bits per heavy atom. The zero-order chi connectivity index (χ0) is 36.4. The Hall–Kier alpha value is -4.46. The third kappa shape index (κ3) is 10.8. The number of ether oxygens (including phenoxy) is 2. The summed E-state index contributed by atoms with van der Waals surface area (Å²) in [7, 11) is -4.12. The molecule has 12 nitrogen and oxygen atoms in total. The number of nitrogens with one attached hydrogen (secondary N) is 1. The van der Waals surface area contributed by atoms with E-state index in [1.165, 1.54) is 5.56 Å². The van der Waals surface area contributed by atoms with Crippen LogP contribution in [0.25, 0.3) is 11.1 Å². The van der Waals surface area contributed by atoms with Crippen LogP contribution in [0.3, 0.4) is 0 Å². The van der Waals surface area contributed by atoms with Gasteiger partial charge in [0.25, 0.3) is 10.1 Å². The molecule has 0 bridgehead atoms. The van der Waals surface area contributed by atoms with Gasteiger partial charge in [0.15, 0.2) is 0 Å². The van der Waals surface area contributed by atoms with E-state index in [1.807, 2.05) is 60.4 Å². The van der Waals surface area contributed by atoms with Crippen LogP contribution in [-0.4, -0.2) is 98.9 Å². The van der Waals surface area contributed by atoms with Gasteiger partial charge in [-0.3, -0.25) is 19.0 Å². The Kier molecular flexibility index (Phi) is 13.1. The Morgan fingerprint density at radius 2 is 1.69 bits per heavy atom. The SMILES string of the molecule is Cc1cccc(OCCCC(=O)N2CCCc3c(-c4cccc(COC(=O)N5CCN(CCC(=O)NCCS(=O)(=O)O)CC5)c4)cccc32)c1C. The minimum atomic E-state index is -4.12. The smallest absolute Gasteiger partial charge is 0.410 e. The second-order valence-corrected chi connectivity index (χ2v) is 14.6. The molecule has 13 heteroatoms. The molecule has 1 fully saturated rings. The van der Waals surface area contributed by atoms with Crippen LogP contribution in [0, 0.1) is 13.8 Å². The van der Waals surface area contributed by atoms with Gasteiger partial charge in [-0.05, 0) is 84.7 Å². The van der Waals surface area contributed by atoms with E-state index in [-0.39, 0.29) is 31.4 Å². The van der Waals surface area contributed by atoms with Gasteiger partial charge in [0, 0.05) is 64.3 Å². The molecule has 0 aromatic heterocycles. The van der Waals surface area contributed by atoms with Gasteiger partial charge in [-0.25, -0.2) is 4.79 Å². The first kappa shape index (κ1) is 37.8. The van der Waals surface area contributed by atoms with E-state index in [1.54, 1.807) is 4.90 Å². The lowest BCUT2D eigenvalue weighted by Gasteiger charge is -2.33. The van der Waals surface area contributed by atoms with Crippen molar-refractivity contribution < 1.29 is 36.8 Å². The van der Waals surface area contributed by atoms with Crippen LogP contribution in [-0.2, 0) is 37.5 Å². The van der Waals surface area contributed by atoms with E-state index in [9.17, 15) is 22.8 Å². The van der Waals surface area contributed by atoms with Crippen molar-refractivity contribution in [3.8, 4) is 16.9 Å². The Labute approximate surface area is 300 Å². The monoisotopic (exact) mass is 720 g/mol. The molecule has 5 rings (SSSR count). The number of carbonyl (C=O) groups is 3. The van der Waals surface area contributed by atoms with Crippen molar-refractivity contribution in [3.63, 3.8) is 0 Å². The van der Waals surface area contributed by atoms with Crippen molar-refractivity contribution in [2.45, 2.75) is 52.6 Å². The van der Waals surface area contributed by atoms with Gasteiger partial charge >= 0.3 is 6.09 Å². The van der Waals surface area contributed by atoms with E-state index in [0.717, 1.165) is 52.1 Å². The Morgan fingerprint density at radius 1 is 0.922 bits per heavy atom. The summed E-state index contributed by atoms with van der Waals surface area (Å²) in [5.41, 5.74) is 7.34. The van der Waals surface area contributed by atoms with Crippen LogP contribution in [0.15, 0.2) is 60.7 Å². The molecule has 0 unspecified atom stereocenters. The number of hydrogen-bond acceptors (Lipinski definition) is 8. The number of amides is 3. The lowest BCUT2D eigenvalue weighted by Crippen LogP contribution is -2.49. The molecule has 0 aliphatic carbocycles. The number of nitrogens with zero attached hydrogens (tertiary/aromatic N) is 3. The maximum atomic E-state index is 13.4. The highest BCUT2D eigenvalue weighted by atomic mass is 32.2. The molecule has 0 spiro atoms. The third-order valence-corrected chi connectivity index (χ3v) is 10.2. The standard InChI is InChI=1S/C38H48N4O8S/c1-28-8-3-14-35(29(28)2)49-24-7-15-37(44)42-18-6-12-33-32(11-5-13-34(33)42)31-10-4-9-30(26-31)27-50-38(45)41-22-20-40(21-23-41)19-16-36(43)39-17-25-51(46,47)48/h3-5,8-11,13-14,26H,6-7,12,15-25,27H2,1-2H3,(H,39,43)(H,46,47,48). The van der Waals surface area contributed by atoms with Crippen LogP contribution in [0.4, 0.5) is 10.5 Å². The first-order chi connectivity index (χ1) is 24.5. The number of fused-ring (bicyclic) bond motifs is 1. The summed E-state index contributed by atoms with van der Waals surface area (Å²) in [4.78, 5) is 43.9. The Bertz CT molecular complexity index is 1810. The third-order valence-electron chi connectivity index (χ3n) is 9.47. The predicted octanol–water partition coefficient (Wildman–Crippen LogP) is 4.76. The van der Waals surface area contributed by atoms with Crippen LogP contribution >= 0.6 is 0 Å². The molecule has 3 aromatic carbocycles. The van der Waals surface area contributed by atoms with Gasteiger partial charge in [0.1, 0.15) is 12.4 Å². The molecule has 3 amide bonds. The van der Waals surface area contributed by atoms with Crippen molar-refractivity contribution in [1.82, 2.24) is 15.1 Å². The molecule has 274 valence electrons. The maximum Gasteiger partial charge on any atom is 0.410 e. The molecule has 51 heavy (non-hydrogen) atoms. The highest BCUT2D eigenvalue weighted by molar-refractivity contribution is 7.85. The van der Waals surface area contributed by atoms with Crippen molar-refractivity contribution in [1.29, 1.82) is 0 Å². The van der Waals surface area contributed by atoms with Crippen LogP contribution < -0.4 is 15.0 Å². The van der Waals surface area contributed by atoms with Gasteiger partial charge in [0.2, 0.25) is 11.8 Å². The van der Waals surface area contributed by atoms with Gasteiger partial charge in [0.05, 0.1) is 12.4 Å². The van der Waals surface area contributed by atoms with E-state index < -0.39 is 22.0 Å². The number of rotatable bonds is 14. The van der Waals surface area contributed by atoms with Crippen molar-refractivity contribution in [2.24, 2.45) is 0 Å². The van der Waals surface area contributed by atoms with Crippen LogP contribution in [0.1, 0.15) is 47.9 Å². The summed E-state index contributed by atoms with van der Waals surface area (Å²) in [6.45, 7) is 7.84. The first-order valence-corrected chi connectivity index (χ1v) is 19.2. The average Bonchev–Trinajstić information content (AvgIpc) is 3.12. The lowest BCUT2D eigenvalue weighted by molar-refractivity contribution is -0.121. The van der Waals surface area contributed by atoms with Gasteiger partial charge in [-0.1, -0.05) is 42.5 Å². The molecular weight excluding hydrogens is 673 g/mol. The molecule has 3 aromatic rings. The van der Waals surface area contributed by atoms with Crippen molar-refractivity contribution >= 4 is 33.7 Å². The summed E-state index contributed by atoms with van der Waals surface area (Å²) in [5, 5.41) is 2.48. The summed E-state index contributed by atoms with van der Waals surface area (Å²) in [6.07, 6.45) is 2.59. The molecule has 2 aliphatic rings. The lowest BCUT2D eigenvalue weighted by atomic mass is 9.91. The number of benzene rings is 3. The van der Waals surface area contributed by atoms with E-state index in [2.05, 4.69) is 29.3 Å². The highest BCUT2D eigenvalue weighted by Gasteiger charge is 2.25. The van der Waals surface area contributed by atoms with Crippen molar-refractivity contribution in [2.75, 3.05) is 63.1 Å². The molecule has 0 atom stereocenters. The molecule has 2 heterocycles. The summed E-state index contributed by atoms with van der Waals surface area (Å²) < 4.78 is 42.0. The average molecular weight is 721 g/mol. The number of anilines is 1. The van der Waals surface area contributed by atoms with Crippen LogP contribution in [0.5, 0.6) is 5.75 Å².